The van der Waals surface area contributed by atoms with Gasteiger partial charge in [0, 0.05) is 24.9 Å². The normalized spacial score (nSPS) is 13.0. The molecule has 0 bridgehead atoms. The van der Waals surface area contributed by atoms with Crippen molar-refractivity contribution in [2.45, 2.75) is 46.1 Å². The molecule has 1 N–H and O–H groups in total. The zero-order chi connectivity index (χ0) is 12.7. The Morgan fingerprint density at radius 3 is 2.47 bits per heavy atom. The van der Waals surface area contributed by atoms with Crippen molar-refractivity contribution in [3.05, 3.63) is 23.2 Å². The van der Waals surface area contributed by atoms with Crippen LogP contribution < -0.4 is 5.32 Å². The van der Waals surface area contributed by atoms with E-state index in [-0.39, 0.29) is 0 Å². The third kappa shape index (κ3) is 5.99. The van der Waals surface area contributed by atoms with Crippen LogP contribution in [0.5, 0.6) is 0 Å². The number of nitrogens with zero attached hydrogens (tertiary/aromatic N) is 2. The van der Waals surface area contributed by atoms with Gasteiger partial charge in [0.1, 0.15) is 5.82 Å². The summed E-state index contributed by atoms with van der Waals surface area (Å²) in [6, 6.07) is 0.455. The summed E-state index contributed by atoms with van der Waals surface area (Å²) in [7, 11) is 0. The maximum Gasteiger partial charge on any atom is 0.129 e. The highest BCUT2D eigenvalue weighted by molar-refractivity contribution is 6.30. The molecule has 0 spiro atoms. The minimum Gasteiger partial charge on any atom is -0.314 e. The Kier molecular flexibility index (Phi) is 6.45. The second-order valence-electron chi connectivity index (χ2n) is 4.80. The molecule has 1 aromatic heterocycles. The van der Waals surface area contributed by atoms with Gasteiger partial charge in [-0.05, 0) is 25.3 Å². The Morgan fingerprint density at radius 2 is 1.94 bits per heavy atom. The van der Waals surface area contributed by atoms with Gasteiger partial charge in [-0.25, -0.2) is 9.97 Å². The molecule has 0 saturated heterocycles. The van der Waals surface area contributed by atoms with Gasteiger partial charge in [-0.1, -0.05) is 32.4 Å². The Hall–Kier alpha value is -0.670. The lowest BCUT2D eigenvalue weighted by Crippen LogP contribution is -2.33. The fourth-order valence-electron chi connectivity index (χ4n) is 1.82. The minimum absolute atomic E-state index is 0.455. The third-order valence-electron chi connectivity index (χ3n) is 2.54. The maximum absolute atomic E-state index is 5.78. The zero-order valence-electron chi connectivity index (χ0n) is 10.9. The van der Waals surface area contributed by atoms with Gasteiger partial charge in [-0.2, -0.15) is 0 Å². The van der Waals surface area contributed by atoms with Crippen LogP contribution in [0.25, 0.3) is 0 Å². The number of halogens is 1. The minimum atomic E-state index is 0.455. The predicted octanol–water partition coefficient (Wildman–Crippen LogP) is 3.09. The first-order valence-electron chi connectivity index (χ1n) is 6.31. The number of hydrogen-bond acceptors (Lipinski definition) is 3. The van der Waals surface area contributed by atoms with Gasteiger partial charge in [0.15, 0.2) is 0 Å². The van der Waals surface area contributed by atoms with Crippen molar-refractivity contribution in [3.63, 3.8) is 0 Å². The molecule has 0 amide bonds. The molecule has 0 fully saturated rings. The first-order chi connectivity index (χ1) is 8.11. The molecule has 0 saturated carbocycles. The molecule has 0 aromatic carbocycles. The van der Waals surface area contributed by atoms with Crippen LogP contribution in [-0.2, 0) is 6.42 Å². The second-order valence-corrected chi connectivity index (χ2v) is 5.24. The summed E-state index contributed by atoms with van der Waals surface area (Å²) in [5.74, 6) is 1.54. The molecule has 1 unspecified atom stereocenters. The van der Waals surface area contributed by atoms with Crippen LogP contribution in [0.2, 0.25) is 5.02 Å². The molecule has 0 aliphatic carbocycles. The highest BCUT2D eigenvalue weighted by Gasteiger charge is 2.12. The molecule has 96 valence electrons. The second kappa shape index (κ2) is 7.62. The van der Waals surface area contributed by atoms with Crippen molar-refractivity contribution in [2.75, 3.05) is 6.54 Å². The third-order valence-corrected chi connectivity index (χ3v) is 2.74. The van der Waals surface area contributed by atoms with Gasteiger partial charge in [-0.15, -0.1) is 0 Å². The molecule has 0 aliphatic heterocycles. The van der Waals surface area contributed by atoms with E-state index in [1.54, 1.807) is 12.4 Å². The first kappa shape index (κ1) is 14.4. The smallest absolute Gasteiger partial charge is 0.129 e. The molecule has 17 heavy (non-hydrogen) atoms. The van der Waals surface area contributed by atoms with E-state index in [2.05, 4.69) is 36.1 Å². The lowest BCUT2D eigenvalue weighted by atomic mass is 10.0. The van der Waals surface area contributed by atoms with Gasteiger partial charge in [0.25, 0.3) is 0 Å². The highest BCUT2D eigenvalue weighted by atomic mass is 35.5. The van der Waals surface area contributed by atoms with Gasteiger partial charge >= 0.3 is 0 Å². The predicted molar refractivity (Wildman–Crippen MR) is 72.3 cm³/mol. The molecular formula is C13H22ClN3. The SMILES string of the molecule is CCCNC(Cc1ncc(Cl)cn1)CC(C)C. The van der Waals surface area contributed by atoms with Crippen LogP contribution in [-0.4, -0.2) is 22.6 Å². The first-order valence-corrected chi connectivity index (χ1v) is 6.69. The average Bonchev–Trinajstić information content (AvgIpc) is 2.28. The standard InChI is InChI=1S/C13H22ClN3/c1-4-5-15-12(6-10(2)3)7-13-16-8-11(14)9-17-13/h8-10,12,15H,4-7H2,1-3H3. The van der Waals surface area contributed by atoms with E-state index >= 15 is 0 Å². The number of aromatic nitrogens is 2. The van der Waals surface area contributed by atoms with Gasteiger partial charge in [0.05, 0.1) is 5.02 Å². The maximum atomic E-state index is 5.78. The summed E-state index contributed by atoms with van der Waals surface area (Å²) >= 11 is 5.78. The Morgan fingerprint density at radius 1 is 1.29 bits per heavy atom. The summed E-state index contributed by atoms with van der Waals surface area (Å²) in [6.45, 7) is 7.70. The fraction of sp³-hybridized carbons (Fsp3) is 0.692. The van der Waals surface area contributed by atoms with Crippen LogP contribution in [0.1, 0.15) is 39.4 Å². The van der Waals surface area contributed by atoms with E-state index in [1.165, 1.54) is 0 Å². The molecule has 1 atom stereocenters. The van der Waals surface area contributed by atoms with Crippen molar-refractivity contribution in [1.29, 1.82) is 0 Å². The summed E-state index contributed by atoms with van der Waals surface area (Å²) < 4.78 is 0. The van der Waals surface area contributed by atoms with Crippen LogP contribution in [0.3, 0.4) is 0 Å². The van der Waals surface area contributed by atoms with E-state index in [9.17, 15) is 0 Å². The van der Waals surface area contributed by atoms with Crippen molar-refractivity contribution in [2.24, 2.45) is 5.92 Å². The highest BCUT2D eigenvalue weighted by Crippen LogP contribution is 2.10. The summed E-state index contributed by atoms with van der Waals surface area (Å²) in [5, 5.41) is 4.14. The average molecular weight is 256 g/mol. The zero-order valence-corrected chi connectivity index (χ0v) is 11.7. The van der Waals surface area contributed by atoms with Crippen molar-refractivity contribution in [3.8, 4) is 0 Å². The van der Waals surface area contributed by atoms with Crippen molar-refractivity contribution < 1.29 is 0 Å². The van der Waals surface area contributed by atoms with E-state index in [1.807, 2.05) is 0 Å². The molecular weight excluding hydrogens is 234 g/mol. The largest absolute Gasteiger partial charge is 0.314 e. The topological polar surface area (TPSA) is 37.8 Å². The number of hydrogen-bond donors (Lipinski definition) is 1. The molecule has 1 rings (SSSR count). The summed E-state index contributed by atoms with van der Waals surface area (Å²) in [6.07, 6.45) is 6.49. The lowest BCUT2D eigenvalue weighted by molar-refractivity contribution is 0.411. The molecule has 1 heterocycles. The molecule has 4 heteroatoms. The Bertz CT molecular complexity index is 311. The van der Waals surface area contributed by atoms with E-state index < -0.39 is 0 Å². The molecule has 0 aliphatic rings. The lowest BCUT2D eigenvalue weighted by Gasteiger charge is -2.19. The molecule has 0 radical (unpaired) electrons. The Labute approximate surface area is 109 Å². The van der Waals surface area contributed by atoms with Gasteiger partial charge in [0.2, 0.25) is 0 Å². The monoisotopic (exact) mass is 255 g/mol. The number of rotatable bonds is 7. The van der Waals surface area contributed by atoms with Gasteiger partial charge in [-0.3, -0.25) is 0 Å². The van der Waals surface area contributed by atoms with Gasteiger partial charge < -0.3 is 5.32 Å². The van der Waals surface area contributed by atoms with E-state index in [0.717, 1.165) is 31.6 Å². The van der Waals surface area contributed by atoms with E-state index in [4.69, 9.17) is 11.6 Å². The molecule has 1 aromatic rings. The quantitative estimate of drug-likeness (QED) is 0.814. The number of nitrogens with one attached hydrogen (secondary N) is 1. The Balaban J connectivity index is 2.54. The van der Waals surface area contributed by atoms with E-state index in [0.29, 0.717) is 17.0 Å². The van der Waals surface area contributed by atoms with Crippen LogP contribution in [0.4, 0.5) is 0 Å². The fourth-order valence-corrected chi connectivity index (χ4v) is 1.92. The summed E-state index contributed by atoms with van der Waals surface area (Å²) in [5.41, 5.74) is 0. The summed E-state index contributed by atoms with van der Waals surface area (Å²) in [4.78, 5) is 8.50. The van der Waals surface area contributed by atoms with Crippen LogP contribution >= 0.6 is 11.6 Å². The van der Waals surface area contributed by atoms with Crippen molar-refractivity contribution >= 4 is 11.6 Å². The van der Waals surface area contributed by atoms with Crippen LogP contribution in [0, 0.1) is 5.92 Å². The molecule has 3 nitrogen and oxygen atoms in total. The van der Waals surface area contributed by atoms with Crippen LogP contribution in [0.15, 0.2) is 12.4 Å². The van der Waals surface area contributed by atoms with Crippen molar-refractivity contribution in [1.82, 2.24) is 15.3 Å².